The lowest BCUT2D eigenvalue weighted by Gasteiger charge is -2.23. The van der Waals surface area contributed by atoms with Crippen LogP contribution in [0, 0.1) is 11.8 Å². The molecule has 3 aliphatic rings. The molecular formula is C14H14O4. The zero-order valence-electron chi connectivity index (χ0n) is 10.1. The first-order chi connectivity index (χ1) is 8.61. The van der Waals surface area contributed by atoms with Crippen LogP contribution in [0.1, 0.15) is 19.3 Å². The summed E-state index contributed by atoms with van der Waals surface area (Å²) in [5, 5.41) is 9.24. The lowest BCUT2D eigenvalue weighted by Crippen LogP contribution is -2.20. The molecule has 94 valence electrons. The molecule has 0 spiro atoms. The Bertz CT molecular complexity index is 536. The summed E-state index contributed by atoms with van der Waals surface area (Å²) in [4.78, 5) is 23.0. The van der Waals surface area contributed by atoms with Gasteiger partial charge in [0, 0.05) is 12.8 Å². The van der Waals surface area contributed by atoms with Crippen molar-refractivity contribution >= 4 is 11.9 Å². The van der Waals surface area contributed by atoms with Gasteiger partial charge in [0.05, 0.1) is 18.3 Å². The van der Waals surface area contributed by atoms with Crippen molar-refractivity contribution in [3.05, 3.63) is 34.4 Å². The van der Waals surface area contributed by atoms with Crippen LogP contribution in [0.3, 0.4) is 0 Å². The van der Waals surface area contributed by atoms with Gasteiger partial charge in [0.25, 0.3) is 0 Å². The first-order valence-corrected chi connectivity index (χ1v) is 6.05. The van der Waals surface area contributed by atoms with Crippen LogP contribution in [-0.2, 0) is 14.3 Å². The molecular weight excluding hydrogens is 232 g/mol. The van der Waals surface area contributed by atoms with Gasteiger partial charge in [-0.15, -0.1) is 0 Å². The van der Waals surface area contributed by atoms with E-state index in [1.807, 2.05) is 0 Å². The normalized spacial score (nSPS) is 28.7. The maximum absolute atomic E-state index is 11.7. The molecule has 4 heteroatoms. The summed E-state index contributed by atoms with van der Waals surface area (Å²) in [5.74, 6) is -0.724. The minimum Gasteiger partial charge on any atom is -0.478 e. The number of carbonyl (C=O) groups is 2. The van der Waals surface area contributed by atoms with Crippen LogP contribution in [0.5, 0.6) is 0 Å². The molecule has 4 nitrogen and oxygen atoms in total. The predicted molar refractivity (Wildman–Crippen MR) is 63.7 cm³/mol. The second-order valence-electron chi connectivity index (χ2n) is 4.99. The van der Waals surface area contributed by atoms with Gasteiger partial charge in [0.1, 0.15) is 0 Å². The Morgan fingerprint density at radius 1 is 1.17 bits per heavy atom. The highest BCUT2D eigenvalue weighted by Crippen LogP contribution is 2.51. The number of rotatable bonds is 2. The quantitative estimate of drug-likeness (QED) is 0.596. The molecule has 2 unspecified atom stereocenters. The van der Waals surface area contributed by atoms with Crippen molar-refractivity contribution in [2.75, 3.05) is 7.11 Å². The molecule has 3 aliphatic carbocycles. The fraction of sp³-hybridized carbons (Fsp3) is 0.429. The number of carboxylic acids is 1. The molecule has 18 heavy (non-hydrogen) atoms. The highest BCUT2D eigenvalue weighted by atomic mass is 16.5. The lowest BCUT2D eigenvalue weighted by atomic mass is 9.81. The van der Waals surface area contributed by atoms with E-state index in [1.165, 1.54) is 18.3 Å². The fourth-order valence-electron chi connectivity index (χ4n) is 3.30. The molecule has 1 N–H and O–H groups in total. The van der Waals surface area contributed by atoms with E-state index in [4.69, 9.17) is 4.74 Å². The molecule has 0 saturated heterocycles. The summed E-state index contributed by atoms with van der Waals surface area (Å²) in [7, 11) is 1.29. The molecule has 0 aromatic carbocycles. The second-order valence-corrected chi connectivity index (χ2v) is 4.99. The van der Waals surface area contributed by atoms with E-state index in [-0.39, 0.29) is 5.57 Å². The Hall–Kier alpha value is -1.84. The number of esters is 1. The minimum atomic E-state index is -1.01. The molecule has 0 radical (unpaired) electrons. The highest BCUT2D eigenvalue weighted by Gasteiger charge is 2.40. The number of aliphatic carboxylic acids is 1. The number of methoxy groups -OCH3 is 1. The van der Waals surface area contributed by atoms with Crippen molar-refractivity contribution in [3.8, 4) is 0 Å². The van der Waals surface area contributed by atoms with E-state index in [0.29, 0.717) is 30.3 Å². The minimum absolute atomic E-state index is 0.210. The third-order valence-electron chi connectivity index (χ3n) is 4.18. The number of allylic oxidation sites excluding steroid dienone is 4. The maximum Gasteiger partial charge on any atom is 0.334 e. The zero-order chi connectivity index (χ0) is 12.9. The Labute approximate surface area is 105 Å². The van der Waals surface area contributed by atoms with Crippen LogP contribution >= 0.6 is 0 Å². The maximum atomic E-state index is 11.7. The Morgan fingerprint density at radius 2 is 1.72 bits per heavy atom. The smallest absolute Gasteiger partial charge is 0.334 e. The summed E-state index contributed by atoms with van der Waals surface area (Å²) in [6.07, 6.45) is 6.21. The lowest BCUT2D eigenvalue weighted by molar-refractivity contribution is -0.138. The van der Waals surface area contributed by atoms with Crippen LogP contribution in [0.15, 0.2) is 34.4 Å². The van der Waals surface area contributed by atoms with Gasteiger partial charge in [-0.1, -0.05) is 23.3 Å². The SMILES string of the molecule is COC(=O)C1=C(C(=O)O)CC2=C(C1)C1C=CC2C1. The molecule has 0 heterocycles. The van der Waals surface area contributed by atoms with Gasteiger partial charge >= 0.3 is 11.9 Å². The van der Waals surface area contributed by atoms with Crippen LogP contribution in [-0.4, -0.2) is 24.2 Å². The van der Waals surface area contributed by atoms with Crippen molar-refractivity contribution in [2.45, 2.75) is 19.3 Å². The van der Waals surface area contributed by atoms with Crippen molar-refractivity contribution in [3.63, 3.8) is 0 Å². The largest absolute Gasteiger partial charge is 0.478 e. The van der Waals surface area contributed by atoms with Gasteiger partial charge in [-0.3, -0.25) is 0 Å². The summed E-state index contributed by atoms with van der Waals surface area (Å²) < 4.78 is 4.70. The average Bonchev–Trinajstić information content (AvgIpc) is 2.97. The van der Waals surface area contributed by atoms with E-state index in [2.05, 4.69) is 12.2 Å². The number of carboxylic acid groups (broad SMARTS) is 1. The molecule has 3 rings (SSSR count). The zero-order valence-corrected chi connectivity index (χ0v) is 10.1. The van der Waals surface area contributed by atoms with E-state index in [0.717, 1.165) is 6.42 Å². The second kappa shape index (κ2) is 3.83. The number of ether oxygens (including phenoxy) is 1. The summed E-state index contributed by atoms with van der Waals surface area (Å²) in [5.41, 5.74) is 2.99. The van der Waals surface area contributed by atoms with Gasteiger partial charge in [0.15, 0.2) is 0 Å². The van der Waals surface area contributed by atoms with E-state index >= 15 is 0 Å². The van der Waals surface area contributed by atoms with Gasteiger partial charge in [-0.25, -0.2) is 9.59 Å². The number of hydrogen-bond acceptors (Lipinski definition) is 3. The average molecular weight is 246 g/mol. The molecule has 0 aromatic rings. The fourth-order valence-corrected chi connectivity index (χ4v) is 3.30. The molecule has 2 bridgehead atoms. The molecule has 0 fully saturated rings. The first kappa shape index (κ1) is 11.3. The van der Waals surface area contributed by atoms with E-state index in [9.17, 15) is 14.7 Å². The number of carbonyl (C=O) groups excluding carboxylic acids is 1. The molecule has 2 atom stereocenters. The summed E-state index contributed by atoms with van der Waals surface area (Å²) >= 11 is 0. The van der Waals surface area contributed by atoms with Gasteiger partial charge in [0.2, 0.25) is 0 Å². The van der Waals surface area contributed by atoms with Crippen molar-refractivity contribution in [1.29, 1.82) is 0 Å². The summed E-state index contributed by atoms with van der Waals surface area (Å²) in [6, 6.07) is 0. The Morgan fingerprint density at radius 3 is 2.22 bits per heavy atom. The van der Waals surface area contributed by atoms with Crippen molar-refractivity contribution in [1.82, 2.24) is 0 Å². The van der Waals surface area contributed by atoms with Crippen LogP contribution < -0.4 is 0 Å². The summed E-state index contributed by atoms with van der Waals surface area (Å²) in [6.45, 7) is 0. The van der Waals surface area contributed by atoms with Gasteiger partial charge in [-0.05, 0) is 18.3 Å². The third kappa shape index (κ3) is 1.45. The molecule has 0 amide bonds. The van der Waals surface area contributed by atoms with Crippen LogP contribution in [0.25, 0.3) is 0 Å². The molecule has 0 saturated carbocycles. The van der Waals surface area contributed by atoms with Gasteiger partial charge in [-0.2, -0.15) is 0 Å². The molecule has 0 aromatic heterocycles. The molecule has 0 aliphatic heterocycles. The standard InChI is InChI=1S/C14H14O4/c1-18-14(17)12-6-10-8-3-2-7(4-8)9(10)5-11(12)13(15)16/h2-3,7-8H,4-6H2,1H3,(H,15,16). The van der Waals surface area contributed by atoms with Crippen molar-refractivity contribution in [2.24, 2.45) is 11.8 Å². The van der Waals surface area contributed by atoms with Crippen molar-refractivity contribution < 1.29 is 19.4 Å². The third-order valence-corrected chi connectivity index (χ3v) is 4.18. The highest BCUT2D eigenvalue weighted by molar-refractivity contribution is 6.01. The van der Waals surface area contributed by atoms with Gasteiger partial charge < -0.3 is 9.84 Å². The van der Waals surface area contributed by atoms with Crippen LogP contribution in [0.4, 0.5) is 0 Å². The predicted octanol–water partition coefficient (Wildman–Crippen LogP) is 1.84. The van der Waals surface area contributed by atoms with E-state index in [1.54, 1.807) is 0 Å². The topological polar surface area (TPSA) is 63.6 Å². The van der Waals surface area contributed by atoms with Crippen LogP contribution in [0.2, 0.25) is 0 Å². The number of fused-ring (bicyclic) bond motifs is 4. The monoisotopic (exact) mass is 246 g/mol. The Kier molecular flexibility index (Phi) is 2.40. The number of hydrogen-bond donors (Lipinski definition) is 1. The first-order valence-electron chi connectivity index (χ1n) is 6.05. The van der Waals surface area contributed by atoms with E-state index < -0.39 is 11.9 Å². The Balaban J connectivity index is 1.97.